The van der Waals surface area contributed by atoms with E-state index in [4.69, 9.17) is 18.6 Å². The fraction of sp³-hybridized carbons (Fsp3) is 0.667. The summed E-state index contributed by atoms with van der Waals surface area (Å²) in [6, 6.07) is 4.71. The van der Waals surface area contributed by atoms with Crippen LogP contribution in [-0.2, 0) is 4.74 Å². The zero-order valence-electron chi connectivity index (χ0n) is 21.0. The van der Waals surface area contributed by atoms with Gasteiger partial charge in [0.15, 0.2) is 11.1 Å². The van der Waals surface area contributed by atoms with Crippen molar-refractivity contribution in [1.29, 1.82) is 0 Å². The summed E-state index contributed by atoms with van der Waals surface area (Å²) in [7, 11) is -2.03. The molecule has 0 spiro atoms. The third kappa shape index (κ3) is 4.76. The van der Waals surface area contributed by atoms with Crippen LogP contribution in [0, 0.1) is 0 Å². The summed E-state index contributed by atoms with van der Waals surface area (Å²) in [6.07, 6.45) is 1.70. The van der Waals surface area contributed by atoms with Crippen LogP contribution in [0.2, 0.25) is 18.1 Å². The zero-order valence-corrected chi connectivity index (χ0v) is 23.6. The van der Waals surface area contributed by atoms with Gasteiger partial charge in [0.2, 0.25) is 0 Å². The minimum atomic E-state index is -2.03. The number of fused-ring (bicyclic) bond motifs is 3. The molecule has 33 heavy (non-hydrogen) atoms. The van der Waals surface area contributed by atoms with Gasteiger partial charge < -0.3 is 18.5 Å². The molecule has 0 saturated carbocycles. The van der Waals surface area contributed by atoms with Crippen LogP contribution >= 0.6 is 15.9 Å². The second-order valence-corrected chi connectivity index (χ2v) is 17.3. The van der Waals surface area contributed by atoms with Crippen LogP contribution in [0.3, 0.4) is 0 Å². The summed E-state index contributed by atoms with van der Waals surface area (Å²) in [4.78, 5) is 21.8. The van der Waals surface area contributed by atoms with Gasteiger partial charge in [0.05, 0.1) is 16.6 Å². The number of piperazine rings is 1. The first kappa shape index (κ1) is 24.4. The molecule has 2 aliphatic rings. The number of anilines is 1. The largest absolute Gasteiger partial charge is 0.542 e. The Balaban J connectivity index is 1.59. The van der Waals surface area contributed by atoms with E-state index in [0.717, 1.165) is 28.6 Å². The Bertz CT molecular complexity index is 1040. The highest BCUT2D eigenvalue weighted by Gasteiger charge is 2.45. The fourth-order valence-electron chi connectivity index (χ4n) is 4.26. The van der Waals surface area contributed by atoms with E-state index < -0.39 is 13.9 Å². The molecule has 182 valence electrons. The lowest BCUT2D eigenvalue weighted by atomic mass is 10.2. The van der Waals surface area contributed by atoms with Crippen molar-refractivity contribution >= 4 is 47.5 Å². The maximum atomic E-state index is 12.8. The molecule has 1 aromatic heterocycles. The molecule has 2 saturated heterocycles. The Morgan fingerprint density at radius 1 is 1.12 bits per heavy atom. The highest BCUT2D eigenvalue weighted by molar-refractivity contribution is 9.10. The zero-order chi connectivity index (χ0) is 24.3. The number of aromatic nitrogens is 1. The minimum Gasteiger partial charge on any atom is -0.542 e. The predicted molar refractivity (Wildman–Crippen MR) is 137 cm³/mol. The standard InChI is InChI=1S/C24H36BrN3O4Si/c1-23(2,3)31-22(29)28-15-9-10-16(28)14-27(13-15)21-26-19-18(12-11-17(25)20(19)30-21)32-33(7,8)24(4,5)6/h11-12,15-16H,9-10,13-14H2,1-8H3. The molecule has 0 radical (unpaired) electrons. The van der Waals surface area contributed by atoms with Crippen molar-refractivity contribution in [2.75, 3.05) is 18.0 Å². The van der Waals surface area contributed by atoms with Gasteiger partial charge in [-0.15, -0.1) is 0 Å². The highest BCUT2D eigenvalue weighted by atomic mass is 79.9. The van der Waals surface area contributed by atoms with Crippen LogP contribution in [0.5, 0.6) is 5.75 Å². The molecule has 4 rings (SSSR count). The third-order valence-electron chi connectivity index (χ3n) is 6.98. The van der Waals surface area contributed by atoms with E-state index in [1.807, 2.05) is 37.8 Å². The van der Waals surface area contributed by atoms with Crippen molar-refractivity contribution < 1.29 is 18.4 Å². The lowest BCUT2D eigenvalue weighted by Crippen LogP contribution is -2.56. The van der Waals surface area contributed by atoms with Crippen molar-refractivity contribution in [2.24, 2.45) is 0 Å². The lowest BCUT2D eigenvalue weighted by Gasteiger charge is -2.40. The summed E-state index contributed by atoms with van der Waals surface area (Å²) in [6.45, 7) is 18.2. The van der Waals surface area contributed by atoms with Crippen LogP contribution in [-0.4, -0.2) is 55.1 Å². The summed E-state index contributed by atoms with van der Waals surface area (Å²) < 4.78 is 19.4. The van der Waals surface area contributed by atoms with E-state index >= 15 is 0 Å². The number of rotatable bonds is 3. The van der Waals surface area contributed by atoms with Crippen molar-refractivity contribution in [2.45, 2.75) is 90.2 Å². The Kier molecular flexibility index (Phi) is 6.05. The van der Waals surface area contributed by atoms with Gasteiger partial charge >= 0.3 is 6.09 Å². The number of hydrogen-bond acceptors (Lipinski definition) is 6. The Morgan fingerprint density at radius 3 is 2.27 bits per heavy atom. The van der Waals surface area contributed by atoms with Gasteiger partial charge in [-0.05, 0) is 79.8 Å². The number of hydrogen-bond donors (Lipinski definition) is 0. The topological polar surface area (TPSA) is 68.0 Å². The molecule has 2 fully saturated rings. The monoisotopic (exact) mass is 537 g/mol. The van der Waals surface area contributed by atoms with Crippen molar-refractivity contribution in [3.63, 3.8) is 0 Å². The molecule has 3 heterocycles. The smallest absolute Gasteiger partial charge is 0.410 e. The summed E-state index contributed by atoms with van der Waals surface area (Å²) in [5, 5.41) is 0.0795. The van der Waals surface area contributed by atoms with Gasteiger partial charge in [0, 0.05) is 13.1 Å². The van der Waals surface area contributed by atoms with Crippen LogP contribution in [0.25, 0.3) is 11.1 Å². The average Bonchev–Trinajstić information content (AvgIpc) is 3.22. The molecule has 2 atom stereocenters. The molecule has 1 aromatic carbocycles. The molecular weight excluding hydrogens is 502 g/mol. The fourth-order valence-corrected chi connectivity index (χ4v) is 5.68. The van der Waals surface area contributed by atoms with Crippen molar-refractivity contribution in [1.82, 2.24) is 9.88 Å². The summed E-state index contributed by atoms with van der Waals surface area (Å²) in [5.41, 5.74) is 0.940. The lowest BCUT2D eigenvalue weighted by molar-refractivity contribution is 0.0120. The molecule has 2 aliphatic heterocycles. The quantitative estimate of drug-likeness (QED) is 0.412. The molecule has 2 bridgehead atoms. The molecule has 9 heteroatoms. The number of oxazole rings is 1. The summed E-state index contributed by atoms with van der Waals surface area (Å²) in [5.74, 6) is 0.769. The highest BCUT2D eigenvalue weighted by Crippen LogP contribution is 2.42. The first-order valence-electron chi connectivity index (χ1n) is 11.7. The van der Waals surface area contributed by atoms with Gasteiger partial charge in [-0.25, -0.2) is 4.79 Å². The van der Waals surface area contributed by atoms with Crippen molar-refractivity contribution in [3.8, 4) is 5.75 Å². The van der Waals surface area contributed by atoms with E-state index in [2.05, 4.69) is 54.7 Å². The molecule has 7 nitrogen and oxygen atoms in total. The molecule has 2 unspecified atom stereocenters. The molecular formula is C24H36BrN3O4Si. The van der Waals surface area contributed by atoms with Crippen molar-refractivity contribution in [3.05, 3.63) is 16.6 Å². The average molecular weight is 539 g/mol. The van der Waals surface area contributed by atoms with E-state index in [0.29, 0.717) is 24.7 Å². The number of nitrogens with zero attached hydrogens (tertiary/aromatic N) is 3. The van der Waals surface area contributed by atoms with Gasteiger partial charge in [0.1, 0.15) is 11.4 Å². The van der Waals surface area contributed by atoms with Gasteiger partial charge in [0.25, 0.3) is 14.3 Å². The maximum Gasteiger partial charge on any atom is 0.410 e. The maximum absolute atomic E-state index is 12.8. The summed E-state index contributed by atoms with van der Waals surface area (Å²) >= 11 is 3.61. The van der Waals surface area contributed by atoms with Crippen LogP contribution < -0.4 is 9.33 Å². The van der Waals surface area contributed by atoms with E-state index in [9.17, 15) is 4.79 Å². The molecule has 1 amide bonds. The number of halogens is 1. The van der Waals surface area contributed by atoms with E-state index in [1.54, 1.807) is 0 Å². The van der Waals surface area contributed by atoms with Crippen LogP contribution in [0.4, 0.5) is 10.8 Å². The SMILES string of the molecule is CC(C)(C)OC(=O)N1C2CCC1CN(c1nc3c(O[Si](C)(C)C(C)(C)C)ccc(Br)c3o1)C2. The number of carbonyl (C=O) groups is 1. The normalized spacial score (nSPS) is 21.6. The van der Waals surface area contributed by atoms with Crippen LogP contribution in [0.1, 0.15) is 54.4 Å². The first-order chi connectivity index (χ1) is 15.2. The number of ether oxygens (including phenoxy) is 1. The molecule has 0 N–H and O–H groups in total. The number of amides is 1. The van der Waals surface area contributed by atoms with E-state index in [1.165, 1.54) is 0 Å². The number of benzene rings is 1. The molecule has 2 aromatic rings. The van der Waals surface area contributed by atoms with E-state index in [-0.39, 0.29) is 23.2 Å². The van der Waals surface area contributed by atoms with Gasteiger partial charge in [-0.1, -0.05) is 20.8 Å². The third-order valence-corrected chi connectivity index (χ3v) is 11.9. The predicted octanol–water partition coefficient (Wildman–Crippen LogP) is 6.56. The van der Waals surface area contributed by atoms with Crippen LogP contribution in [0.15, 0.2) is 21.0 Å². The second-order valence-electron chi connectivity index (χ2n) is 11.8. The first-order valence-corrected chi connectivity index (χ1v) is 15.4. The van der Waals surface area contributed by atoms with Gasteiger partial charge in [-0.2, -0.15) is 4.98 Å². The molecule has 0 aliphatic carbocycles. The second kappa shape index (κ2) is 8.18. The Morgan fingerprint density at radius 2 is 1.73 bits per heavy atom. The van der Waals surface area contributed by atoms with Gasteiger partial charge in [-0.3, -0.25) is 4.90 Å². The number of carbonyl (C=O) groups excluding carboxylic acids is 1. The Hall–Kier alpha value is -1.74. The Labute approximate surface area is 206 Å². The minimum absolute atomic E-state index is 0.0795.